The second kappa shape index (κ2) is 9.56. The molecule has 1 aliphatic rings. The van der Waals surface area contributed by atoms with Gasteiger partial charge in [0, 0.05) is 56.1 Å². The average molecular weight is 493 g/mol. The molecule has 3 heterocycles. The van der Waals surface area contributed by atoms with Gasteiger partial charge in [0.15, 0.2) is 22.5 Å². The van der Waals surface area contributed by atoms with Gasteiger partial charge in [0.1, 0.15) is 22.6 Å². The maximum absolute atomic E-state index is 13.0. The van der Waals surface area contributed by atoms with Crippen molar-refractivity contribution in [3.8, 4) is 34.3 Å². The number of hydrogen-bond donors (Lipinski definition) is 4. The van der Waals surface area contributed by atoms with E-state index in [9.17, 15) is 15.0 Å². The first-order chi connectivity index (χ1) is 17.4. The Kier molecular flexibility index (Phi) is 6.29. The fraction of sp³-hybridized carbons (Fsp3) is 0.308. The van der Waals surface area contributed by atoms with Crippen LogP contribution >= 0.6 is 0 Å². The van der Waals surface area contributed by atoms with E-state index in [1.165, 1.54) is 6.07 Å². The number of β-amino-alcohol motifs (C(OH)–C–C–N with tert-alkyl or cyclic N) is 1. The zero-order valence-corrected chi connectivity index (χ0v) is 20.1. The number of aromatic nitrogens is 2. The Labute approximate surface area is 207 Å². The second-order valence-electron chi connectivity index (χ2n) is 8.89. The molecule has 0 amide bonds. The summed E-state index contributed by atoms with van der Waals surface area (Å²) >= 11 is 0. The molecule has 2 aromatic carbocycles. The third kappa shape index (κ3) is 4.36. The lowest BCUT2D eigenvalue weighted by molar-refractivity contribution is 0.189. The van der Waals surface area contributed by atoms with E-state index in [1.807, 2.05) is 24.3 Å². The first-order valence-corrected chi connectivity index (χ1v) is 11.8. The van der Waals surface area contributed by atoms with E-state index < -0.39 is 11.2 Å². The van der Waals surface area contributed by atoms with Crippen LogP contribution in [0, 0.1) is 13.8 Å². The van der Waals surface area contributed by atoms with Crippen molar-refractivity contribution in [3.05, 3.63) is 58.0 Å². The quantitative estimate of drug-likeness (QED) is 0.320. The number of fused-ring (bicyclic) bond motifs is 1. The predicted molar refractivity (Wildman–Crippen MR) is 135 cm³/mol. The number of aryl methyl sites for hydroxylation is 2. The highest BCUT2D eigenvalue weighted by Crippen LogP contribution is 2.43. The molecule has 4 N–H and O–H groups in total. The second-order valence-corrected chi connectivity index (χ2v) is 8.89. The highest BCUT2D eigenvalue weighted by molar-refractivity contribution is 5.92. The van der Waals surface area contributed by atoms with Gasteiger partial charge in [-0.1, -0.05) is 0 Å². The van der Waals surface area contributed by atoms with Gasteiger partial charge in [-0.25, -0.2) is 0 Å². The summed E-state index contributed by atoms with van der Waals surface area (Å²) in [6.45, 7) is 7.84. The van der Waals surface area contributed by atoms with Gasteiger partial charge >= 0.3 is 0 Å². The molecular weight excluding hydrogens is 464 g/mol. The summed E-state index contributed by atoms with van der Waals surface area (Å²) in [6, 6.07) is 10.1. The van der Waals surface area contributed by atoms with E-state index in [4.69, 9.17) is 14.3 Å². The Morgan fingerprint density at radius 3 is 2.39 bits per heavy atom. The number of nitrogens with one attached hydrogen (secondary N) is 1. The van der Waals surface area contributed by atoms with Crippen LogP contribution in [0.1, 0.15) is 11.4 Å². The number of anilines is 1. The van der Waals surface area contributed by atoms with E-state index in [1.54, 1.807) is 13.8 Å². The van der Waals surface area contributed by atoms with Gasteiger partial charge in [-0.2, -0.15) is 5.10 Å². The number of hydrogen-bond acceptors (Lipinski definition) is 9. The molecule has 5 rings (SSSR count). The van der Waals surface area contributed by atoms with Crippen LogP contribution in [0.2, 0.25) is 0 Å². The van der Waals surface area contributed by atoms with Gasteiger partial charge in [-0.3, -0.25) is 14.8 Å². The summed E-state index contributed by atoms with van der Waals surface area (Å²) in [5.41, 5.74) is 2.41. The molecule has 188 valence electrons. The summed E-state index contributed by atoms with van der Waals surface area (Å²) < 4.78 is 12.0. The van der Waals surface area contributed by atoms with Crippen LogP contribution < -0.4 is 15.1 Å². The van der Waals surface area contributed by atoms with Crippen LogP contribution in [0.25, 0.3) is 22.3 Å². The van der Waals surface area contributed by atoms with Crippen molar-refractivity contribution in [1.82, 2.24) is 15.1 Å². The number of aliphatic hydroxyl groups excluding tert-OH is 1. The minimum absolute atomic E-state index is 0.0564. The number of piperazine rings is 1. The fourth-order valence-electron chi connectivity index (χ4n) is 4.52. The molecular formula is C26H28N4O6. The summed E-state index contributed by atoms with van der Waals surface area (Å²) in [5, 5.41) is 36.9. The number of aromatic amines is 1. The summed E-state index contributed by atoms with van der Waals surface area (Å²) in [4.78, 5) is 17.5. The summed E-state index contributed by atoms with van der Waals surface area (Å²) in [6.07, 6.45) is 0. The van der Waals surface area contributed by atoms with Gasteiger partial charge < -0.3 is 29.4 Å². The number of rotatable bonds is 6. The molecule has 0 bridgehead atoms. The normalized spacial score (nSPS) is 14.5. The molecule has 10 nitrogen and oxygen atoms in total. The van der Waals surface area contributed by atoms with Crippen LogP contribution in [0.4, 0.5) is 5.69 Å². The van der Waals surface area contributed by atoms with Crippen LogP contribution in [-0.4, -0.2) is 69.7 Å². The standard InChI is InChI=1S/C26H28N4O6/c1-15-24(16(2)28-27-15)36-25-21(34)13-19(32)23-20(33)14-22(35-26(23)25)17-3-5-18(6-4-17)30-9-7-29(8-10-30)11-12-31/h3-6,13-14,31-32,34H,7-12H2,1-2H3,(H,27,28). The Hall–Kier alpha value is -4.02. The highest BCUT2D eigenvalue weighted by atomic mass is 16.5. The van der Waals surface area contributed by atoms with Crippen molar-refractivity contribution in [2.45, 2.75) is 13.8 Å². The topological polar surface area (TPSA) is 135 Å². The van der Waals surface area contributed by atoms with E-state index in [0.717, 1.165) is 37.9 Å². The monoisotopic (exact) mass is 492 g/mol. The molecule has 0 spiro atoms. The van der Waals surface area contributed by atoms with Crippen LogP contribution in [-0.2, 0) is 0 Å². The van der Waals surface area contributed by atoms with Crippen molar-refractivity contribution in [2.75, 3.05) is 44.2 Å². The zero-order chi connectivity index (χ0) is 25.4. The largest absolute Gasteiger partial charge is 0.507 e. The number of ether oxygens (including phenoxy) is 1. The smallest absolute Gasteiger partial charge is 0.212 e. The number of phenols is 2. The maximum atomic E-state index is 13.0. The highest BCUT2D eigenvalue weighted by Gasteiger charge is 2.22. The first-order valence-electron chi connectivity index (χ1n) is 11.8. The third-order valence-electron chi connectivity index (χ3n) is 6.49. The van der Waals surface area contributed by atoms with E-state index >= 15 is 0 Å². The molecule has 0 radical (unpaired) electrons. The van der Waals surface area contributed by atoms with Gasteiger partial charge in [0.25, 0.3) is 0 Å². The van der Waals surface area contributed by atoms with Crippen LogP contribution in [0.5, 0.6) is 23.0 Å². The van der Waals surface area contributed by atoms with Gasteiger partial charge in [-0.15, -0.1) is 0 Å². The molecule has 1 fully saturated rings. The predicted octanol–water partition coefficient (Wildman–Crippen LogP) is 3.12. The van der Waals surface area contributed by atoms with Crippen LogP contribution in [0.3, 0.4) is 0 Å². The van der Waals surface area contributed by atoms with Crippen molar-refractivity contribution >= 4 is 16.7 Å². The first kappa shape index (κ1) is 23.7. The van der Waals surface area contributed by atoms with Gasteiger partial charge in [-0.05, 0) is 38.1 Å². The summed E-state index contributed by atoms with van der Waals surface area (Å²) in [5.74, 6) is -0.162. The van der Waals surface area contributed by atoms with Crippen molar-refractivity contribution in [2.24, 2.45) is 0 Å². The van der Waals surface area contributed by atoms with E-state index in [-0.39, 0.29) is 34.8 Å². The van der Waals surface area contributed by atoms with Crippen molar-refractivity contribution in [1.29, 1.82) is 0 Å². The Morgan fingerprint density at radius 1 is 1.03 bits per heavy atom. The fourth-order valence-corrected chi connectivity index (χ4v) is 4.52. The molecule has 0 unspecified atom stereocenters. The molecule has 1 aliphatic heterocycles. The molecule has 36 heavy (non-hydrogen) atoms. The molecule has 2 aromatic heterocycles. The number of benzene rings is 2. The molecule has 0 aliphatic carbocycles. The molecule has 4 aromatic rings. The molecule has 0 saturated carbocycles. The lowest BCUT2D eigenvalue weighted by Gasteiger charge is -2.35. The van der Waals surface area contributed by atoms with Gasteiger partial charge in [0.05, 0.1) is 12.3 Å². The van der Waals surface area contributed by atoms with Crippen molar-refractivity contribution < 1.29 is 24.5 Å². The van der Waals surface area contributed by atoms with E-state index in [2.05, 4.69) is 20.0 Å². The number of aromatic hydroxyl groups is 2. The van der Waals surface area contributed by atoms with Crippen LogP contribution in [0.15, 0.2) is 45.6 Å². The minimum atomic E-state index is -0.460. The van der Waals surface area contributed by atoms with Crippen molar-refractivity contribution in [3.63, 3.8) is 0 Å². The molecule has 1 saturated heterocycles. The average Bonchev–Trinajstić information content (AvgIpc) is 3.18. The number of H-pyrrole nitrogens is 1. The maximum Gasteiger partial charge on any atom is 0.212 e. The minimum Gasteiger partial charge on any atom is -0.507 e. The SMILES string of the molecule is Cc1n[nH]c(C)c1Oc1c(O)cc(O)c2c(=O)cc(-c3ccc(N4CCN(CCO)CC4)cc3)oc12. The Balaban J connectivity index is 1.50. The Morgan fingerprint density at radius 2 is 1.75 bits per heavy atom. The number of nitrogens with zero attached hydrogens (tertiary/aromatic N) is 3. The number of aliphatic hydroxyl groups is 1. The van der Waals surface area contributed by atoms with Gasteiger partial charge in [0.2, 0.25) is 5.75 Å². The lowest BCUT2D eigenvalue weighted by atomic mass is 10.1. The molecule has 10 heteroatoms. The van der Waals surface area contributed by atoms with E-state index in [0.29, 0.717) is 29.2 Å². The molecule has 0 atom stereocenters. The summed E-state index contributed by atoms with van der Waals surface area (Å²) in [7, 11) is 0. The Bertz CT molecular complexity index is 1430. The lowest BCUT2D eigenvalue weighted by Crippen LogP contribution is -2.47. The number of phenolic OH excluding ortho intramolecular Hbond substituents is 2. The zero-order valence-electron chi connectivity index (χ0n) is 20.1. The third-order valence-corrected chi connectivity index (χ3v) is 6.49.